The van der Waals surface area contributed by atoms with E-state index in [4.69, 9.17) is 0 Å². The predicted molar refractivity (Wildman–Crippen MR) is 64.4 cm³/mol. The second-order valence-electron chi connectivity index (χ2n) is 3.12. The van der Waals surface area contributed by atoms with Crippen LogP contribution in [-0.4, -0.2) is 19.6 Å². The Morgan fingerprint density at radius 2 is 1.86 bits per heavy atom. The molecule has 3 heteroatoms. The third-order valence-corrected chi connectivity index (χ3v) is 2.78. The number of benzene rings is 1. The molecule has 0 heterocycles. The van der Waals surface area contributed by atoms with E-state index in [0.29, 0.717) is 0 Å². The van der Waals surface area contributed by atoms with Gasteiger partial charge in [-0.3, -0.25) is 0 Å². The molecule has 0 amide bonds. The fourth-order valence-corrected chi connectivity index (χ4v) is 1.64. The van der Waals surface area contributed by atoms with Crippen molar-refractivity contribution in [2.75, 3.05) is 19.6 Å². The Hall–Kier alpha value is -0.380. The van der Waals surface area contributed by atoms with Crippen LogP contribution in [0.15, 0.2) is 28.7 Å². The van der Waals surface area contributed by atoms with Crippen LogP contribution in [-0.2, 0) is 6.54 Å². The highest BCUT2D eigenvalue weighted by molar-refractivity contribution is 9.10. The van der Waals surface area contributed by atoms with Gasteiger partial charge < -0.3 is 10.6 Å². The summed E-state index contributed by atoms with van der Waals surface area (Å²) in [5.74, 6) is 0. The van der Waals surface area contributed by atoms with Gasteiger partial charge in [0, 0.05) is 24.1 Å². The monoisotopic (exact) mass is 256 g/mol. The van der Waals surface area contributed by atoms with Crippen LogP contribution in [0.25, 0.3) is 0 Å². The Bertz CT molecular complexity index is 263. The topological polar surface area (TPSA) is 24.1 Å². The SMILES string of the molecule is CCNCCNCc1ccccc1Br. The highest BCUT2D eigenvalue weighted by Gasteiger charge is 1.96. The van der Waals surface area contributed by atoms with Gasteiger partial charge in [0.25, 0.3) is 0 Å². The molecule has 0 aliphatic carbocycles. The molecule has 0 fully saturated rings. The smallest absolute Gasteiger partial charge is 0.0220 e. The van der Waals surface area contributed by atoms with Gasteiger partial charge in [-0.05, 0) is 18.2 Å². The maximum absolute atomic E-state index is 3.52. The third-order valence-electron chi connectivity index (χ3n) is 2.00. The zero-order valence-corrected chi connectivity index (χ0v) is 10.1. The average Bonchev–Trinajstić information content (AvgIpc) is 2.20. The molecule has 2 nitrogen and oxygen atoms in total. The standard InChI is InChI=1S/C11H17BrN2/c1-2-13-7-8-14-9-10-5-3-4-6-11(10)12/h3-6,13-14H,2,7-9H2,1H3. The molecule has 0 bridgehead atoms. The molecular weight excluding hydrogens is 240 g/mol. The molecule has 1 aromatic rings. The molecule has 0 unspecified atom stereocenters. The minimum Gasteiger partial charge on any atom is -0.316 e. The van der Waals surface area contributed by atoms with E-state index in [1.54, 1.807) is 0 Å². The van der Waals surface area contributed by atoms with E-state index in [2.05, 4.69) is 51.7 Å². The van der Waals surface area contributed by atoms with Gasteiger partial charge in [-0.25, -0.2) is 0 Å². The van der Waals surface area contributed by atoms with Crippen LogP contribution in [0.1, 0.15) is 12.5 Å². The zero-order valence-electron chi connectivity index (χ0n) is 8.52. The lowest BCUT2D eigenvalue weighted by Gasteiger charge is -2.06. The summed E-state index contributed by atoms with van der Waals surface area (Å²) in [6.07, 6.45) is 0. The molecular formula is C11H17BrN2. The van der Waals surface area contributed by atoms with E-state index in [1.807, 2.05) is 6.07 Å². The Morgan fingerprint density at radius 3 is 2.57 bits per heavy atom. The van der Waals surface area contributed by atoms with Crippen LogP contribution in [0.2, 0.25) is 0 Å². The molecule has 0 aliphatic rings. The number of hydrogen-bond donors (Lipinski definition) is 2. The number of halogens is 1. The van der Waals surface area contributed by atoms with Crippen molar-refractivity contribution in [1.82, 2.24) is 10.6 Å². The van der Waals surface area contributed by atoms with Crippen LogP contribution in [0, 0.1) is 0 Å². The number of rotatable bonds is 6. The number of hydrogen-bond acceptors (Lipinski definition) is 2. The van der Waals surface area contributed by atoms with Gasteiger partial charge in [-0.2, -0.15) is 0 Å². The molecule has 0 aromatic heterocycles. The Balaban J connectivity index is 2.21. The molecule has 0 saturated carbocycles. The summed E-state index contributed by atoms with van der Waals surface area (Å²) in [6, 6.07) is 8.30. The molecule has 2 N–H and O–H groups in total. The van der Waals surface area contributed by atoms with Crippen molar-refractivity contribution in [1.29, 1.82) is 0 Å². The van der Waals surface area contributed by atoms with Crippen LogP contribution in [0.4, 0.5) is 0 Å². The van der Waals surface area contributed by atoms with Crippen LogP contribution >= 0.6 is 15.9 Å². The Morgan fingerprint density at radius 1 is 1.14 bits per heavy atom. The van der Waals surface area contributed by atoms with Crippen molar-refractivity contribution < 1.29 is 0 Å². The summed E-state index contributed by atoms with van der Waals surface area (Å²) >= 11 is 3.52. The van der Waals surface area contributed by atoms with Gasteiger partial charge in [-0.15, -0.1) is 0 Å². The van der Waals surface area contributed by atoms with E-state index >= 15 is 0 Å². The van der Waals surface area contributed by atoms with Gasteiger partial charge in [0.1, 0.15) is 0 Å². The molecule has 0 atom stereocenters. The molecule has 0 spiro atoms. The molecule has 0 saturated heterocycles. The molecule has 78 valence electrons. The molecule has 14 heavy (non-hydrogen) atoms. The summed E-state index contributed by atoms with van der Waals surface area (Å²) < 4.78 is 1.18. The van der Waals surface area contributed by atoms with Gasteiger partial charge in [0.15, 0.2) is 0 Å². The van der Waals surface area contributed by atoms with Crippen molar-refractivity contribution in [3.8, 4) is 0 Å². The molecule has 1 rings (SSSR count). The second-order valence-corrected chi connectivity index (χ2v) is 3.98. The minimum atomic E-state index is 0.923. The lowest BCUT2D eigenvalue weighted by molar-refractivity contribution is 0.624. The van der Waals surface area contributed by atoms with Gasteiger partial charge in [0.05, 0.1) is 0 Å². The van der Waals surface area contributed by atoms with Crippen molar-refractivity contribution in [3.05, 3.63) is 34.3 Å². The van der Waals surface area contributed by atoms with Crippen LogP contribution in [0.5, 0.6) is 0 Å². The first-order chi connectivity index (χ1) is 6.84. The zero-order chi connectivity index (χ0) is 10.2. The van der Waals surface area contributed by atoms with E-state index in [9.17, 15) is 0 Å². The number of likely N-dealkylation sites (N-methyl/N-ethyl adjacent to an activating group) is 1. The summed E-state index contributed by atoms with van der Waals surface area (Å²) in [7, 11) is 0. The van der Waals surface area contributed by atoms with Gasteiger partial charge in [-0.1, -0.05) is 41.1 Å². The fraction of sp³-hybridized carbons (Fsp3) is 0.455. The first-order valence-corrected chi connectivity index (χ1v) is 5.78. The third kappa shape index (κ3) is 4.22. The van der Waals surface area contributed by atoms with E-state index < -0.39 is 0 Å². The second kappa shape index (κ2) is 6.98. The summed E-state index contributed by atoms with van der Waals surface area (Å²) in [5, 5.41) is 6.66. The lowest BCUT2D eigenvalue weighted by Crippen LogP contribution is -2.26. The average molecular weight is 257 g/mol. The number of nitrogens with one attached hydrogen (secondary N) is 2. The van der Waals surface area contributed by atoms with Gasteiger partial charge >= 0.3 is 0 Å². The van der Waals surface area contributed by atoms with E-state index in [1.165, 1.54) is 10.0 Å². The Labute approximate surface area is 94.2 Å². The Kier molecular flexibility index (Phi) is 5.83. The predicted octanol–water partition coefficient (Wildman–Crippen LogP) is 2.15. The maximum atomic E-state index is 3.52. The summed E-state index contributed by atoms with van der Waals surface area (Å²) in [5.41, 5.74) is 1.31. The van der Waals surface area contributed by atoms with Gasteiger partial charge in [0.2, 0.25) is 0 Å². The van der Waals surface area contributed by atoms with Crippen molar-refractivity contribution >= 4 is 15.9 Å². The normalized spacial score (nSPS) is 10.4. The van der Waals surface area contributed by atoms with E-state index in [0.717, 1.165) is 26.2 Å². The summed E-state index contributed by atoms with van der Waals surface area (Å²) in [6.45, 7) is 6.12. The molecule has 1 aromatic carbocycles. The first-order valence-electron chi connectivity index (χ1n) is 4.99. The molecule has 0 radical (unpaired) electrons. The molecule has 0 aliphatic heterocycles. The maximum Gasteiger partial charge on any atom is 0.0220 e. The largest absolute Gasteiger partial charge is 0.316 e. The lowest BCUT2D eigenvalue weighted by atomic mass is 10.2. The minimum absolute atomic E-state index is 0.923. The highest BCUT2D eigenvalue weighted by atomic mass is 79.9. The van der Waals surface area contributed by atoms with Crippen molar-refractivity contribution in [3.63, 3.8) is 0 Å². The summed E-state index contributed by atoms with van der Waals surface area (Å²) in [4.78, 5) is 0. The van der Waals surface area contributed by atoms with Crippen molar-refractivity contribution in [2.45, 2.75) is 13.5 Å². The van der Waals surface area contributed by atoms with E-state index in [-0.39, 0.29) is 0 Å². The quantitative estimate of drug-likeness (QED) is 0.763. The van der Waals surface area contributed by atoms with Crippen molar-refractivity contribution in [2.24, 2.45) is 0 Å². The van der Waals surface area contributed by atoms with Crippen LogP contribution < -0.4 is 10.6 Å². The first kappa shape index (κ1) is 11.7. The highest BCUT2D eigenvalue weighted by Crippen LogP contribution is 2.14. The van der Waals surface area contributed by atoms with Crippen LogP contribution in [0.3, 0.4) is 0 Å². The fourth-order valence-electron chi connectivity index (χ4n) is 1.22.